The molecule has 3 rings (SSSR count). The maximum absolute atomic E-state index is 12.5. The molecule has 1 aromatic heterocycles. The fourth-order valence-corrected chi connectivity index (χ4v) is 4.43. The Bertz CT molecular complexity index is 867. The number of aliphatic imine (C=N–C) groups is 1. The van der Waals surface area contributed by atoms with Gasteiger partial charge in [0.1, 0.15) is 12.0 Å². The Morgan fingerprint density at radius 2 is 1.89 bits per heavy atom. The van der Waals surface area contributed by atoms with Crippen LogP contribution in [0.4, 0.5) is 0 Å². The number of rotatable bonds is 5. The molecule has 8 nitrogen and oxygen atoms in total. The summed E-state index contributed by atoms with van der Waals surface area (Å²) in [5, 5.41) is 7.69. The molecule has 0 bridgehead atoms. The van der Waals surface area contributed by atoms with Crippen molar-refractivity contribution in [2.45, 2.75) is 12.3 Å². The summed E-state index contributed by atoms with van der Waals surface area (Å²) in [4.78, 5) is 6.36. The molecule has 28 heavy (non-hydrogen) atoms. The largest absolute Gasteiger partial charge is 0.364 e. The van der Waals surface area contributed by atoms with E-state index in [1.807, 2.05) is 24.3 Å². The van der Waals surface area contributed by atoms with E-state index in [2.05, 4.69) is 20.4 Å². The maximum atomic E-state index is 12.5. The number of nitrogens with zero attached hydrogens (tertiary/aromatic N) is 4. The highest BCUT2D eigenvalue weighted by Crippen LogP contribution is 2.13. The van der Waals surface area contributed by atoms with Crippen LogP contribution in [0.2, 0.25) is 5.02 Å². The van der Waals surface area contributed by atoms with Crippen LogP contribution in [0.15, 0.2) is 46.1 Å². The number of sulfonamides is 1. The molecule has 0 atom stereocenters. The summed E-state index contributed by atoms with van der Waals surface area (Å²) in [6.45, 7) is 2.56. The smallest absolute Gasteiger partial charge is 0.220 e. The summed E-state index contributed by atoms with van der Waals surface area (Å²) in [5.74, 6) is 0.603. The summed E-state index contributed by atoms with van der Waals surface area (Å²) in [6.07, 6.45) is 1.37. The van der Waals surface area contributed by atoms with Crippen LogP contribution in [-0.2, 0) is 22.3 Å². The van der Waals surface area contributed by atoms with Gasteiger partial charge in [0.25, 0.3) is 0 Å². The van der Waals surface area contributed by atoms with Gasteiger partial charge in [-0.3, -0.25) is 4.99 Å². The summed E-state index contributed by atoms with van der Waals surface area (Å²) < 4.78 is 31.2. The minimum absolute atomic E-state index is 0. The quantitative estimate of drug-likeness (QED) is 0.356. The Balaban J connectivity index is 0.00000280. The Hall–Kier alpha value is -1.37. The molecule has 2 heterocycles. The average Bonchev–Trinajstić information content (AvgIpc) is 3.16. The summed E-state index contributed by atoms with van der Waals surface area (Å²) in [5.41, 5.74) is 1.51. The normalized spacial score (nSPS) is 15.9. The van der Waals surface area contributed by atoms with Crippen LogP contribution in [-0.4, -0.2) is 62.0 Å². The van der Waals surface area contributed by atoms with E-state index >= 15 is 0 Å². The predicted molar refractivity (Wildman–Crippen MR) is 119 cm³/mol. The lowest BCUT2D eigenvalue weighted by Crippen LogP contribution is -2.53. The number of aromatic nitrogens is 1. The van der Waals surface area contributed by atoms with Crippen molar-refractivity contribution in [1.29, 1.82) is 0 Å². The maximum Gasteiger partial charge on any atom is 0.220 e. The van der Waals surface area contributed by atoms with E-state index in [0.29, 0.717) is 43.4 Å². The van der Waals surface area contributed by atoms with Crippen molar-refractivity contribution in [3.8, 4) is 0 Å². The van der Waals surface area contributed by atoms with Gasteiger partial charge in [-0.2, -0.15) is 4.31 Å². The number of benzene rings is 1. The third-order valence-corrected chi connectivity index (χ3v) is 6.39. The zero-order chi connectivity index (χ0) is 19.3. The minimum Gasteiger partial charge on any atom is -0.364 e. The Morgan fingerprint density at radius 3 is 2.46 bits per heavy atom. The highest BCUT2D eigenvalue weighted by atomic mass is 127. The Kier molecular flexibility index (Phi) is 8.53. The number of piperazine rings is 1. The molecular weight excluding hydrogens is 517 g/mol. The number of guanidine groups is 1. The number of halogens is 2. The van der Waals surface area contributed by atoms with Gasteiger partial charge < -0.3 is 14.7 Å². The lowest BCUT2D eigenvalue weighted by molar-refractivity contribution is 0.259. The van der Waals surface area contributed by atoms with Crippen LogP contribution < -0.4 is 5.32 Å². The second kappa shape index (κ2) is 10.4. The van der Waals surface area contributed by atoms with Crippen molar-refractivity contribution in [2.75, 3.05) is 33.2 Å². The molecule has 154 valence electrons. The lowest BCUT2D eigenvalue weighted by Gasteiger charge is -2.35. The fraction of sp³-hybridized carbons (Fsp3) is 0.412. The molecule has 0 spiro atoms. The van der Waals surface area contributed by atoms with Crippen molar-refractivity contribution in [3.63, 3.8) is 0 Å². The van der Waals surface area contributed by atoms with Crippen LogP contribution in [0, 0.1) is 0 Å². The molecule has 0 saturated carbocycles. The minimum atomic E-state index is -3.41. The SMILES string of the molecule is CN=C(NCc1ccc(Cl)cc1)N1CCN(S(=O)(=O)Cc2ccon2)CC1.I. The highest BCUT2D eigenvalue weighted by molar-refractivity contribution is 14.0. The summed E-state index contributed by atoms with van der Waals surface area (Å²) >= 11 is 5.90. The van der Waals surface area contributed by atoms with Gasteiger partial charge in [-0.25, -0.2) is 8.42 Å². The molecule has 0 aliphatic carbocycles. The predicted octanol–water partition coefficient (Wildman–Crippen LogP) is 2.17. The first kappa shape index (κ1) is 22.9. The van der Waals surface area contributed by atoms with Gasteiger partial charge in [-0.05, 0) is 17.7 Å². The highest BCUT2D eigenvalue weighted by Gasteiger charge is 2.28. The van der Waals surface area contributed by atoms with E-state index in [0.717, 1.165) is 11.5 Å². The fourth-order valence-electron chi connectivity index (χ4n) is 2.88. The molecule has 2 aromatic rings. The van der Waals surface area contributed by atoms with Crippen LogP contribution in [0.5, 0.6) is 0 Å². The van der Waals surface area contributed by atoms with Crippen LogP contribution in [0.1, 0.15) is 11.3 Å². The van der Waals surface area contributed by atoms with E-state index in [1.54, 1.807) is 13.1 Å². The van der Waals surface area contributed by atoms with E-state index in [9.17, 15) is 8.42 Å². The van der Waals surface area contributed by atoms with Crippen LogP contribution >= 0.6 is 35.6 Å². The molecule has 1 aromatic carbocycles. The van der Waals surface area contributed by atoms with Gasteiger partial charge in [-0.1, -0.05) is 28.9 Å². The Morgan fingerprint density at radius 1 is 1.21 bits per heavy atom. The molecule has 1 fully saturated rings. The average molecular weight is 540 g/mol. The molecule has 1 aliphatic heterocycles. The van der Waals surface area contributed by atoms with Gasteiger partial charge in [-0.15, -0.1) is 24.0 Å². The van der Waals surface area contributed by atoms with Gasteiger partial charge in [0.2, 0.25) is 10.0 Å². The van der Waals surface area contributed by atoms with Crippen molar-refractivity contribution in [3.05, 3.63) is 52.9 Å². The van der Waals surface area contributed by atoms with Gasteiger partial charge in [0.15, 0.2) is 5.96 Å². The monoisotopic (exact) mass is 539 g/mol. The second-order valence-electron chi connectivity index (χ2n) is 6.16. The zero-order valence-corrected chi connectivity index (χ0v) is 19.3. The van der Waals surface area contributed by atoms with Crippen molar-refractivity contribution < 1.29 is 12.9 Å². The third kappa shape index (κ3) is 6.06. The summed E-state index contributed by atoms with van der Waals surface area (Å²) in [7, 11) is -1.69. The van der Waals surface area contributed by atoms with Crippen molar-refractivity contribution in [2.24, 2.45) is 4.99 Å². The van der Waals surface area contributed by atoms with Gasteiger partial charge in [0, 0.05) is 50.9 Å². The van der Waals surface area contributed by atoms with E-state index < -0.39 is 10.0 Å². The Labute approximate surface area is 187 Å². The van der Waals surface area contributed by atoms with Crippen molar-refractivity contribution in [1.82, 2.24) is 19.7 Å². The van der Waals surface area contributed by atoms with Crippen molar-refractivity contribution >= 4 is 51.6 Å². The molecule has 0 radical (unpaired) electrons. The van der Waals surface area contributed by atoms with Gasteiger partial charge in [0.05, 0.1) is 5.69 Å². The molecule has 1 N–H and O–H groups in total. The lowest BCUT2D eigenvalue weighted by atomic mass is 10.2. The van der Waals surface area contributed by atoms with E-state index in [1.165, 1.54) is 10.6 Å². The molecule has 0 unspecified atom stereocenters. The topological polar surface area (TPSA) is 91.0 Å². The van der Waals surface area contributed by atoms with Gasteiger partial charge >= 0.3 is 0 Å². The molecule has 11 heteroatoms. The number of hydrogen-bond donors (Lipinski definition) is 1. The van der Waals surface area contributed by atoms with Crippen LogP contribution in [0.3, 0.4) is 0 Å². The standard InChI is InChI=1S/C17H22ClN5O3S.HI/c1-19-17(20-12-14-2-4-15(18)5-3-14)22-7-9-23(10-8-22)27(24,25)13-16-6-11-26-21-16;/h2-6,11H,7-10,12-13H2,1H3,(H,19,20);1H. The number of hydrogen-bond acceptors (Lipinski definition) is 5. The molecular formula is C17H23ClIN5O3S. The second-order valence-corrected chi connectivity index (χ2v) is 8.57. The molecule has 0 amide bonds. The first-order valence-electron chi connectivity index (χ1n) is 8.55. The van der Waals surface area contributed by atoms with Crippen LogP contribution in [0.25, 0.3) is 0 Å². The van der Waals surface area contributed by atoms with E-state index in [4.69, 9.17) is 16.1 Å². The zero-order valence-electron chi connectivity index (χ0n) is 15.4. The molecule has 1 saturated heterocycles. The van der Waals surface area contributed by atoms with E-state index in [-0.39, 0.29) is 29.7 Å². The summed E-state index contributed by atoms with van der Waals surface area (Å²) in [6, 6.07) is 9.17. The molecule has 1 aliphatic rings. The number of nitrogens with one attached hydrogen (secondary N) is 1. The third-order valence-electron chi connectivity index (χ3n) is 4.33. The first-order valence-corrected chi connectivity index (χ1v) is 10.5. The first-order chi connectivity index (χ1) is 13.0.